The van der Waals surface area contributed by atoms with Crippen molar-refractivity contribution in [1.29, 1.82) is 0 Å². The highest BCUT2D eigenvalue weighted by Crippen LogP contribution is 2.40. The van der Waals surface area contributed by atoms with Crippen molar-refractivity contribution in [3.8, 4) is 11.5 Å². The normalized spacial score (nSPS) is 12.1. The summed E-state index contributed by atoms with van der Waals surface area (Å²) < 4.78 is 11.4. The molecular weight excluding hydrogens is 377 g/mol. The maximum atomic E-state index is 6.33. The lowest BCUT2D eigenvalue weighted by atomic mass is 9.98. The Labute approximate surface area is 142 Å². The summed E-state index contributed by atoms with van der Waals surface area (Å²) in [6.07, 6.45) is 0. The second-order valence-electron chi connectivity index (χ2n) is 4.36. The Balaban J connectivity index is 2.50. The number of rotatable bonds is 4. The lowest BCUT2D eigenvalue weighted by Crippen LogP contribution is -2.13. The van der Waals surface area contributed by atoms with Crippen LogP contribution in [-0.2, 0) is 0 Å². The van der Waals surface area contributed by atoms with Crippen molar-refractivity contribution in [3.05, 3.63) is 56.0 Å². The van der Waals surface area contributed by atoms with Gasteiger partial charge in [0.25, 0.3) is 0 Å². The molecule has 3 nitrogen and oxygen atoms in total. The predicted octanol–water partition coefficient (Wildman–Crippen LogP) is 4.82. The van der Waals surface area contributed by atoms with Gasteiger partial charge in [0, 0.05) is 10.0 Å². The fourth-order valence-electron chi connectivity index (χ4n) is 2.05. The molecule has 6 heteroatoms. The number of methoxy groups -OCH3 is 2. The molecular formula is C15H14BrCl2NO2. The Kier molecular flexibility index (Phi) is 5.38. The van der Waals surface area contributed by atoms with Crippen LogP contribution in [0.3, 0.4) is 0 Å². The number of hydrogen-bond acceptors (Lipinski definition) is 3. The maximum absolute atomic E-state index is 6.33. The number of nitrogens with two attached hydrogens (primary N) is 1. The molecule has 0 aromatic heterocycles. The van der Waals surface area contributed by atoms with E-state index in [1.807, 2.05) is 18.2 Å². The van der Waals surface area contributed by atoms with Gasteiger partial charge >= 0.3 is 0 Å². The number of hydrogen-bond donors (Lipinski definition) is 1. The van der Waals surface area contributed by atoms with Crippen LogP contribution in [0.5, 0.6) is 11.5 Å². The average molecular weight is 391 g/mol. The first-order valence-corrected chi connectivity index (χ1v) is 7.65. The minimum Gasteiger partial charge on any atom is -0.495 e. The lowest BCUT2D eigenvalue weighted by molar-refractivity contribution is 0.390. The first-order chi connectivity index (χ1) is 9.99. The molecule has 0 heterocycles. The Bertz CT molecular complexity index is 664. The minimum absolute atomic E-state index is 0.392. The van der Waals surface area contributed by atoms with Crippen LogP contribution >= 0.6 is 39.1 Å². The van der Waals surface area contributed by atoms with E-state index in [4.69, 9.17) is 38.4 Å². The molecule has 0 aliphatic carbocycles. The molecule has 112 valence electrons. The fourth-order valence-corrected chi connectivity index (χ4v) is 2.89. The monoisotopic (exact) mass is 389 g/mol. The SMILES string of the molecule is COc1ccc(C(N)c2ccc(Cl)c(Br)c2)c(OC)c1Cl. The van der Waals surface area contributed by atoms with Gasteiger partial charge in [-0.25, -0.2) is 0 Å². The Morgan fingerprint density at radius 3 is 2.38 bits per heavy atom. The van der Waals surface area contributed by atoms with Crippen molar-refractivity contribution >= 4 is 39.1 Å². The molecule has 2 rings (SSSR count). The Morgan fingerprint density at radius 1 is 1.10 bits per heavy atom. The molecule has 0 bridgehead atoms. The van der Waals surface area contributed by atoms with Gasteiger partial charge in [-0.3, -0.25) is 0 Å². The van der Waals surface area contributed by atoms with Gasteiger partial charge in [-0.05, 0) is 45.8 Å². The first kappa shape index (κ1) is 16.4. The van der Waals surface area contributed by atoms with Crippen molar-refractivity contribution in [2.24, 2.45) is 5.73 Å². The average Bonchev–Trinajstić information content (AvgIpc) is 2.49. The van der Waals surface area contributed by atoms with Crippen LogP contribution in [0, 0.1) is 0 Å². The van der Waals surface area contributed by atoms with E-state index in [1.54, 1.807) is 26.4 Å². The summed E-state index contributed by atoms with van der Waals surface area (Å²) in [7, 11) is 3.10. The summed E-state index contributed by atoms with van der Waals surface area (Å²) in [6, 6.07) is 8.76. The highest BCUT2D eigenvalue weighted by atomic mass is 79.9. The third kappa shape index (κ3) is 3.29. The second-order valence-corrected chi connectivity index (χ2v) is 5.99. The third-order valence-electron chi connectivity index (χ3n) is 3.15. The molecule has 0 spiro atoms. The van der Waals surface area contributed by atoms with Gasteiger partial charge in [-0.2, -0.15) is 0 Å². The Hall–Kier alpha value is -0.940. The van der Waals surface area contributed by atoms with E-state index < -0.39 is 6.04 Å². The summed E-state index contributed by atoms with van der Waals surface area (Å²) in [5.41, 5.74) is 8.00. The quantitative estimate of drug-likeness (QED) is 0.813. The van der Waals surface area contributed by atoms with Crippen LogP contribution in [0.25, 0.3) is 0 Å². The molecule has 0 amide bonds. The van der Waals surface area contributed by atoms with Gasteiger partial charge in [0.1, 0.15) is 16.5 Å². The van der Waals surface area contributed by atoms with Gasteiger partial charge < -0.3 is 15.2 Å². The van der Waals surface area contributed by atoms with Crippen LogP contribution in [0.15, 0.2) is 34.8 Å². The van der Waals surface area contributed by atoms with Crippen LogP contribution in [0.1, 0.15) is 17.2 Å². The van der Waals surface area contributed by atoms with E-state index in [0.717, 1.165) is 15.6 Å². The maximum Gasteiger partial charge on any atom is 0.146 e. The Morgan fingerprint density at radius 2 is 1.81 bits per heavy atom. The molecule has 2 aromatic carbocycles. The molecule has 0 saturated heterocycles. The van der Waals surface area contributed by atoms with Gasteiger partial charge in [0.05, 0.1) is 25.3 Å². The third-order valence-corrected chi connectivity index (χ3v) is 4.73. The van der Waals surface area contributed by atoms with E-state index in [0.29, 0.717) is 21.5 Å². The van der Waals surface area contributed by atoms with Crippen molar-refractivity contribution in [1.82, 2.24) is 0 Å². The van der Waals surface area contributed by atoms with Crippen LogP contribution < -0.4 is 15.2 Å². The summed E-state index contributed by atoms with van der Waals surface area (Å²) >= 11 is 15.7. The highest BCUT2D eigenvalue weighted by molar-refractivity contribution is 9.10. The van der Waals surface area contributed by atoms with E-state index in [2.05, 4.69) is 15.9 Å². The van der Waals surface area contributed by atoms with Crippen molar-refractivity contribution in [2.75, 3.05) is 14.2 Å². The van der Waals surface area contributed by atoms with E-state index in [9.17, 15) is 0 Å². The fraction of sp³-hybridized carbons (Fsp3) is 0.200. The molecule has 0 aliphatic heterocycles. The molecule has 0 fully saturated rings. The van der Waals surface area contributed by atoms with E-state index >= 15 is 0 Å². The zero-order chi connectivity index (χ0) is 15.6. The summed E-state index contributed by atoms with van der Waals surface area (Å²) in [5.74, 6) is 1.05. The van der Waals surface area contributed by atoms with E-state index in [1.165, 1.54) is 0 Å². The topological polar surface area (TPSA) is 44.5 Å². The molecule has 21 heavy (non-hydrogen) atoms. The largest absolute Gasteiger partial charge is 0.495 e. The molecule has 2 aromatic rings. The van der Waals surface area contributed by atoms with E-state index in [-0.39, 0.29) is 0 Å². The minimum atomic E-state index is -0.392. The molecule has 1 atom stereocenters. The van der Waals surface area contributed by atoms with Gasteiger partial charge in [0.15, 0.2) is 0 Å². The van der Waals surface area contributed by atoms with Gasteiger partial charge in [-0.1, -0.05) is 29.3 Å². The zero-order valence-electron chi connectivity index (χ0n) is 11.5. The molecule has 0 radical (unpaired) electrons. The lowest BCUT2D eigenvalue weighted by Gasteiger charge is -2.19. The van der Waals surface area contributed by atoms with Crippen molar-refractivity contribution in [3.63, 3.8) is 0 Å². The standard InChI is InChI=1S/C15H14BrCl2NO2/c1-20-12-6-4-9(15(21-2)13(12)18)14(19)8-3-5-11(17)10(16)7-8/h3-7,14H,19H2,1-2H3. The van der Waals surface area contributed by atoms with Crippen LogP contribution in [0.2, 0.25) is 10.0 Å². The van der Waals surface area contributed by atoms with Crippen LogP contribution in [0.4, 0.5) is 0 Å². The second kappa shape index (κ2) is 6.88. The molecule has 0 aliphatic rings. The molecule has 1 unspecified atom stereocenters. The molecule has 0 saturated carbocycles. The number of halogens is 3. The number of ether oxygens (including phenoxy) is 2. The van der Waals surface area contributed by atoms with Gasteiger partial charge in [-0.15, -0.1) is 0 Å². The first-order valence-electron chi connectivity index (χ1n) is 6.10. The summed E-state index contributed by atoms with van der Waals surface area (Å²) in [4.78, 5) is 0. The zero-order valence-corrected chi connectivity index (χ0v) is 14.6. The van der Waals surface area contributed by atoms with Gasteiger partial charge in [0.2, 0.25) is 0 Å². The summed E-state index contributed by atoms with van der Waals surface area (Å²) in [6.45, 7) is 0. The predicted molar refractivity (Wildman–Crippen MR) is 89.7 cm³/mol. The number of benzene rings is 2. The summed E-state index contributed by atoms with van der Waals surface area (Å²) in [5, 5.41) is 1.03. The highest BCUT2D eigenvalue weighted by Gasteiger charge is 2.19. The smallest absolute Gasteiger partial charge is 0.146 e. The van der Waals surface area contributed by atoms with Crippen molar-refractivity contribution < 1.29 is 9.47 Å². The molecule has 2 N–H and O–H groups in total. The van der Waals surface area contributed by atoms with Crippen LogP contribution in [-0.4, -0.2) is 14.2 Å². The van der Waals surface area contributed by atoms with Crippen molar-refractivity contribution in [2.45, 2.75) is 6.04 Å².